The van der Waals surface area contributed by atoms with Gasteiger partial charge in [-0.3, -0.25) is 9.59 Å². The molecule has 0 atom stereocenters. The van der Waals surface area contributed by atoms with E-state index in [2.05, 4.69) is 20.3 Å². The van der Waals surface area contributed by atoms with Crippen molar-refractivity contribution in [2.75, 3.05) is 12.4 Å². The molecule has 0 fully saturated rings. The number of hydrogen-bond acceptors (Lipinski definition) is 4. The molecule has 3 aromatic rings. The number of benzene rings is 1. The molecule has 0 unspecified atom stereocenters. The molecular formula is C21H25N5O2. The molecular weight excluding hydrogens is 354 g/mol. The van der Waals surface area contributed by atoms with Gasteiger partial charge in [-0.2, -0.15) is 0 Å². The number of fused-ring (bicyclic) bond motifs is 1. The van der Waals surface area contributed by atoms with Gasteiger partial charge >= 0.3 is 0 Å². The highest BCUT2D eigenvalue weighted by atomic mass is 16.2. The number of aromatic nitrogens is 3. The smallest absolute Gasteiger partial charge is 0.256 e. The number of hydrogen-bond donors (Lipinski definition) is 2. The van der Waals surface area contributed by atoms with Crippen molar-refractivity contribution in [1.29, 1.82) is 0 Å². The molecule has 2 N–H and O–H groups in total. The van der Waals surface area contributed by atoms with Gasteiger partial charge in [-0.15, -0.1) is 0 Å². The first kappa shape index (κ1) is 19.5. The number of carbonyl (C=O) groups excluding carboxylic acids is 2. The summed E-state index contributed by atoms with van der Waals surface area (Å²) in [5.41, 5.74) is 4.20. The van der Waals surface area contributed by atoms with Crippen LogP contribution >= 0.6 is 0 Å². The molecule has 0 saturated carbocycles. The number of rotatable bonds is 5. The molecule has 0 bridgehead atoms. The van der Waals surface area contributed by atoms with Crippen molar-refractivity contribution < 1.29 is 9.59 Å². The second kappa shape index (κ2) is 7.80. The first-order valence-corrected chi connectivity index (χ1v) is 9.23. The molecule has 146 valence electrons. The van der Waals surface area contributed by atoms with Gasteiger partial charge in [-0.05, 0) is 37.1 Å². The third-order valence-electron chi connectivity index (χ3n) is 4.83. The minimum atomic E-state index is -0.239. The highest BCUT2D eigenvalue weighted by Crippen LogP contribution is 2.25. The molecule has 1 aromatic carbocycles. The Hall–Kier alpha value is -3.22. The molecule has 28 heavy (non-hydrogen) atoms. The van der Waals surface area contributed by atoms with Crippen molar-refractivity contribution in [2.45, 2.75) is 34.2 Å². The van der Waals surface area contributed by atoms with E-state index in [-0.39, 0.29) is 17.7 Å². The molecule has 2 heterocycles. The fraction of sp³-hybridized carbons (Fsp3) is 0.333. The standard InChI is InChI=1S/C21H25N5O2/c1-12(2)21(28)26(5)10-15-6-8-16(9-7-15)20(27)25-19-17-13(3)14(4)24-18(17)22-11-23-19/h6-9,11-12H,10H2,1-5H3,(H2,22,23,24,25,27). The van der Waals surface area contributed by atoms with Crippen LogP contribution in [0.25, 0.3) is 11.0 Å². The number of nitrogens with one attached hydrogen (secondary N) is 2. The first-order valence-electron chi connectivity index (χ1n) is 9.23. The highest BCUT2D eigenvalue weighted by Gasteiger charge is 2.16. The lowest BCUT2D eigenvalue weighted by molar-refractivity contribution is -0.133. The van der Waals surface area contributed by atoms with E-state index in [0.29, 0.717) is 23.6 Å². The van der Waals surface area contributed by atoms with Crippen LogP contribution in [0.15, 0.2) is 30.6 Å². The Bertz CT molecular complexity index is 1020. The summed E-state index contributed by atoms with van der Waals surface area (Å²) >= 11 is 0. The largest absolute Gasteiger partial charge is 0.343 e. The van der Waals surface area contributed by atoms with Gasteiger partial charge in [-0.1, -0.05) is 26.0 Å². The van der Waals surface area contributed by atoms with Crippen LogP contribution in [-0.2, 0) is 11.3 Å². The minimum absolute atomic E-state index is 0.0414. The average molecular weight is 379 g/mol. The van der Waals surface area contributed by atoms with Crippen LogP contribution in [0, 0.1) is 19.8 Å². The molecule has 0 aliphatic carbocycles. The fourth-order valence-corrected chi connectivity index (χ4v) is 3.12. The summed E-state index contributed by atoms with van der Waals surface area (Å²) in [5, 5.41) is 3.69. The van der Waals surface area contributed by atoms with Crippen LogP contribution in [0.2, 0.25) is 0 Å². The molecule has 7 nitrogen and oxygen atoms in total. The van der Waals surface area contributed by atoms with E-state index < -0.39 is 0 Å². The van der Waals surface area contributed by atoms with Crippen LogP contribution in [0.4, 0.5) is 5.82 Å². The molecule has 2 amide bonds. The molecule has 2 aromatic heterocycles. The summed E-state index contributed by atoms with van der Waals surface area (Å²) in [6.07, 6.45) is 1.43. The van der Waals surface area contributed by atoms with Gasteiger partial charge in [0.25, 0.3) is 5.91 Å². The lowest BCUT2D eigenvalue weighted by Crippen LogP contribution is -2.29. The van der Waals surface area contributed by atoms with Gasteiger partial charge in [-0.25, -0.2) is 9.97 Å². The Morgan fingerprint density at radius 1 is 1.14 bits per heavy atom. The van der Waals surface area contributed by atoms with Crippen LogP contribution < -0.4 is 5.32 Å². The number of amides is 2. The molecule has 0 aliphatic heterocycles. The predicted octanol–water partition coefficient (Wildman–Crippen LogP) is 3.44. The van der Waals surface area contributed by atoms with Crippen molar-refractivity contribution in [3.05, 3.63) is 53.0 Å². The minimum Gasteiger partial charge on any atom is -0.343 e. The monoisotopic (exact) mass is 379 g/mol. The lowest BCUT2D eigenvalue weighted by Gasteiger charge is -2.19. The fourth-order valence-electron chi connectivity index (χ4n) is 3.12. The Morgan fingerprint density at radius 2 is 1.82 bits per heavy atom. The van der Waals surface area contributed by atoms with Crippen molar-refractivity contribution in [2.24, 2.45) is 5.92 Å². The Labute approximate surface area is 164 Å². The van der Waals surface area contributed by atoms with Crippen LogP contribution in [-0.4, -0.2) is 38.7 Å². The maximum atomic E-state index is 12.7. The SMILES string of the molecule is Cc1[nH]c2ncnc(NC(=O)c3ccc(CN(C)C(=O)C(C)C)cc3)c2c1C. The molecule has 0 radical (unpaired) electrons. The number of H-pyrrole nitrogens is 1. The number of anilines is 1. The van der Waals surface area contributed by atoms with Crippen molar-refractivity contribution in [3.8, 4) is 0 Å². The molecule has 0 spiro atoms. The van der Waals surface area contributed by atoms with E-state index in [0.717, 1.165) is 22.2 Å². The number of carbonyl (C=O) groups is 2. The van der Waals surface area contributed by atoms with Crippen LogP contribution in [0.5, 0.6) is 0 Å². The van der Waals surface area contributed by atoms with Gasteiger partial charge in [0.1, 0.15) is 17.8 Å². The average Bonchev–Trinajstić information content (AvgIpc) is 2.96. The van der Waals surface area contributed by atoms with E-state index in [4.69, 9.17) is 0 Å². The van der Waals surface area contributed by atoms with E-state index in [1.807, 2.05) is 39.8 Å². The summed E-state index contributed by atoms with van der Waals surface area (Å²) in [6, 6.07) is 7.23. The van der Waals surface area contributed by atoms with E-state index in [9.17, 15) is 9.59 Å². The summed E-state index contributed by atoms with van der Waals surface area (Å²) in [4.78, 5) is 38.0. The maximum absolute atomic E-state index is 12.7. The third kappa shape index (κ3) is 3.88. The van der Waals surface area contributed by atoms with Crippen molar-refractivity contribution in [3.63, 3.8) is 0 Å². The molecule has 7 heteroatoms. The molecule has 3 rings (SSSR count). The number of nitrogens with zero attached hydrogens (tertiary/aromatic N) is 3. The topological polar surface area (TPSA) is 91.0 Å². The zero-order chi connectivity index (χ0) is 20.4. The van der Waals surface area contributed by atoms with E-state index in [1.165, 1.54) is 6.33 Å². The van der Waals surface area contributed by atoms with Gasteiger partial charge in [0.05, 0.1) is 5.39 Å². The quantitative estimate of drug-likeness (QED) is 0.710. The van der Waals surface area contributed by atoms with Gasteiger partial charge in [0.15, 0.2) is 0 Å². The zero-order valence-corrected chi connectivity index (χ0v) is 16.8. The second-order valence-electron chi connectivity index (χ2n) is 7.32. The summed E-state index contributed by atoms with van der Waals surface area (Å²) in [5.74, 6) is 0.298. The summed E-state index contributed by atoms with van der Waals surface area (Å²) in [6.45, 7) is 8.20. The predicted molar refractivity (Wildman–Crippen MR) is 109 cm³/mol. The first-order chi connectivity index (χ1) is 13.3. The second-order valence-corrected chi connectivity index (χ2v) is 7.32. The molecule has 0 aliphatic rings. The highest BCUT2D eigenvalue weighted by molar-refractivity contribution is 6.08. The number of aryl methyl sites for hydroxylation is 2. The van der Waals surface area contributed by atoms with Gasteiger partial charge in [0.2, 0.25) is 5.91 Å². The van der Waals surface area contributed by atoms with E-state index in [1.54, 1.807) is 24.1 Å². The number of aromatic amines is 1. The zero-order valence-electron chi connectivity index (χ0n) is 16.8. The lowest BCUT2D eigenvalue weighted by atomic mass is 10.1. The summed E-state index contributed by atoms with van der Waals surface area (Å²) < 4.78 is 0. The van der Waals surface area contributed by atoms with Crippen molar-refractivity contribution in [1.82, 2.24) is 19.9 Å². The van der Waals surface area contributed by atoms with Gasteiger partial charge < -0.3 is 15.2 Å². The Morgan fingerprint density at radius 3 is 2.46 bits per heavy atom. The van der Waals surface area contributed by atoms with Crippen LogP contribution in [0.3, 0.4) is 0 Å². The Balaban J connectivity index is 1.75. The Kier molecular flexibility index (Phi) is 5.44. The van der Waals surface area contributed by atoms with E-state index >= 15 is 0 Å². The van der Waals surface area contributed by atoms with Crippen LogP contribution in [0.1, 0.15) is 41.0 Å². The summed E-state index contributed by atoms with van der Waals surface area (Å²) in [7, 11) is 1.78. The third-order valence-corrected chi connectivity index (χ3v) is 4.83. The van der Waals surface area contributed by atoms with Gasteiger partial charge in [0, 0.05) is 30.8 Å². The van der Waals surface area contributed by atoms with Crippen molar-refractivity contribution >= 4 is 28.7 Å². The molecule has 0 saturated heterocycles. The maximum Gasteiger partial charge on any atom is 0.256 e. The normalized spacial score (nSPS) is 11.1.